The molecular formula is C14H11FN2O2S. The third-order valence-electron chi connectivity index (χ3n) is 3.22. The molecule has 4 nitrogen and oxygen atoms in total. The standard InChI is InChI=1S/C14H11FN2O2S/c15-11-5-3-10(4-6-11)2-1-7-16-13(18)12-8-20-9-17(12)14(16)19/h3-6,12H,7-9H2. The van der Waals surface area contributed by atoms with Crippen molar-refractivity contribution in [3.8, 4) is 11.8 Å². The molecule has 2 heterocycles. The molecule has 0 spiro atoms. The fraction of sp³-hybridized carbons (Fsp3) is 0.286. The van der Waals surface area contributed by atoms with Crippen LogP contribution >= 0.6 is 11.8 Å². The van der Waals surface area contributed by atoms with Crippen LogP contribution in [0.2, 0.25) is 0 Å². The number of benzene rings is 1. The van der Waals surface area contributed by atoms with Crippen LogP contribution in [0, 0.1) is 17.7 Å². The molecule has 0 saturated carbocycles. The van der Waals surface area contributed by atoms with Crippen molar-refractivity contribution in [3.05, 3.63) is 35.6 Å². The van der Waals surface area contributed by atoms with Crippen molar-refractivity contribution in [2.45, 2.75) is 6.04 Å². The highest BCUT2D eigenvalue weighted by molar-refractivity contribution is 7.99. The van der Waals surface area contributed by atoms with Gasteiger partial charge in [0.25, 0.3) is 5.91 Å². The highest BCUT2D eigenvalue weighted by atomic mass is 32.2. The van der Waals surface area contributed by atoms with Gasteiger partial charge in [0.15, 0.2) is 0 Å². The van der Waals surface area contributed by atoms with Gasteiger partial charge in [-0.3, -0.25) is 9.69 Å². The summed E-state index contributed by atoms with van der Waals surface area (Å²) in [7, 11) is 0. The van der Waals surface area contributed by atoms with Crippen LogP contribution in [-0.4, -0.2) is 46.0 Å². The Labute approximate surface area is 119 Å². The van der Waals surface area contributed by atoms with E-state index in [4.69, 9.17) is 0 Å². The van der Waals surface area contributed by atoms with Gasteiger partial charge in [0.2, 0.25) is 0 Å². The topological polar surface area (TPSA) is 40.6 Å². The summed E-state index contributed by atoms with van der Waals surface area (Å²) < 4.78 is 12.7. The van der Waals surface area contributed by atoms with E-state index < -0.39 is 0 Å². The minimum absolute atomic E-state index is 0.0761. The van der Waals surface area contributed by atoms with E-state index in [-0.39, 0.29) is 30.3 Å². The molecule has 1 aromatic carbocycles. The number of carbonyl (C=O) groups is 2. The lowest BCUT2D eigenvalue weighted by atomic mass is 10.2. The quantitative estimate of drug-likeness (QED) is 0.581. The maximum atomic E-state index is 12.7. The lowest BCUT2D eigenvalue weighted by Crippen LogP contribution is -2.33. The summed E-state index contributed by atoms with van der Waals surface area (Å²) in [6, 6.07) is 5.18. The Bertz CT molecular complexity index is 598. The molecule has 0 aromatic heterocycles. The zero-order valence-corrected chi connectivity index (χ0v) is 11.3. The van der Waals surface area contributed by atoms with Crippen molar-refractivity contribution in [3.63, 3.8) is 0 Å². The summed E-state index contributed by atoms with van der Waals surface area (Å²) in [6.07, 6.45) is 0. The van der Waals surface area contributed by atoms with Crippen LogP contribution in [0.1, 0.15) is 5.56 Å². The van der Waals surface area contributed by atoms with E-state index in [0.29, 0.717) is 17.2 Å². The van der Waals surface area contributed by atoms with Crippen molar-refractivity contribution in [2.75, 3.05) is 18.2 Å². The molecule has 2 aliphatic rings. The molecule has 0 bridgehead atoms. The number of nitrogens with zero attached hydrogens (tertiary/aromatic N) is 2. The van der Waals surface area contributed by atoms with Crippen LogP contribution in [0.15, 0.2) is 24.3 Å². The van der Waals surface area contributed by atoms with E-state index in [0.717, 1.165) is 0 Å². The molecule has 3 amide bonds. The molecule has 102 valence electrons. The van der Waals surface area contributed by atoms with Crippen molar-refractivity contribution in [2.24, 2.45) is 0 Å². The van der Waals surface area contributed by atoms with E-state index in [1.807, 2.05) is 0 Å². The van der Waals surface area contributed by atoms with Crippen molar-refractivity contribution < 1.29 is 14.0 Å². The minimum Gasteiger partial charge on any atom is -0.302 e. The van der Waals surface area contributed by atoms with Gasteiger partial charge < -0.3 is 4.90 Å². The number of fused-ring (bicyclic) bond motifs is 1. The van der Waals surface area contributed by atoms with Crippen LogP contribution in [0.5, 0.6) is 0 Å². The molecule has 2 aliphatic heterocycles. The molecule has 1 unspecified atom stereocenters. The summed E-state index contributed by atoms with van der Waals surface area (Å²) in [6.45, 7) is 0.0761. The number of carbonyl (C=O) groups excluding carboxylic acids is 2. The molecule has 0 radical (unpaired) electrons. The first-order chi connectivity index (χ1) is 9.66. The highest BCUT2D eigenvalue weighted by Crippen LogP contribution is 2.28. The number of rotatable bonds is 1. The number of thioether (sulfide) groups is 1. The van der Waals surface area contributed by atoms with Gasteiger partial charge in [-0.25, -0.2) is 9.18 Å². The molecular weight excluding hydrogens is 279 g/mol. The number of imide groups is 1. The summed E-state index contributed by atoms with van der Waals surface area (Å²) in [4.78, 5) is 26.8. The van der Waals surface area contributed by atoms with Gasteiger partial charge in [-0.15, -0.1) is 11.8 Å². The average molecular weight is 290 g/mol. The summed E-state index contributed by atoms with van der Waals surface area (Å²) >= 11 is 1.58. The predicted octanol–water partition coefficient (Wildman–Crippen LogP) is 1.51. The van der Waals surface area contributed by atoms with E-state index in [9.17, 15) is 14.0 Å². The first-order valence-corrected chi connectivity index (χ1v) is 7.26. The van der Waals surface area contributed by atoms with Crippen LogP contribution < -0.4 is 0 Å². The second kappa shape index (κ2) is 5.17. The van der Waals surface area contributed by atoms with Crippen molar-refractivity contribution >= 4 is 23.7 Å². The van der Waals surface area contributed by atoms with Crippen LogP contribution in [-0.2, 0) is 4.79 Å². The molecule has 0 aliphatic carbocycles. The number of hydrogen-bond acceptors (Lipinski definition) is 3. The third kappa shape index (κ3) is 2.25. The third-order valence-corrected chi connectivity index (χ3v) is 4.24. The zero-order chi connectivity index (χ0) is 14.1. The molecule has 1 aromatic rings. The average Bonchev–Trinajstić information content (AvgIpc) is 3.00. The molecule has 1 atom stereocenters. The number of hydrogen-bond donors (Lipinski definition) is 0. The van der Waals surface area contributed by atoms with Crippen LogP contribution in [0.25, 0.3) is 0 Å². The Morgan fingerprint density at radius 2 is 2.05 bits per heavy atom. The Kier molecular flexibility index (Phi) is 3.36. The van der Waals surface area contributed by atoms with Gasteiger partial charge >= 0.3 is 6.03 Å². The smallest absolute Gasteiger partial charge is 0.302 e. The molecule has 20 heavy (non-hydrogen) atoms. The van der Waals surface area contributed by atoms with Gasteiger partial charge in [-0.2, -0.15) is 0 Å². The molecule has 6 heteroatoms. The lowest BCUT2D eigenvalue weighted by Gasteiger charge is -2.11. The number of halogens is 1. The van der Waals surface area contributed by atoms with E-state index in [1.54, 1.807) is 28.8 Å². The summed E-state index contributed by atoms with van der Waals surface area (Å²) in [5, 5.41) is 0. The van der Waals surface area contributed by atoms with Gasteiger partial charge in [0.05, 0.1) is 12.4 Å². The van der Waals surface area contributed by atoms with Gasteiger partial charge in [-0.1, -0.05) is 11.8 Å². The predicted molar refractivity (Wildman–Crippen MR) is 73.3 cm³/mol. The number of amides is 3. The largest absolute Gasteiger partial charge is 0.329 e. The van der Waals surface area contributed by atoms with E-state index in [1.165, 1.54) is 17.0 Å². The first kappa shape index (κ1) is 13.0. The van der Waals surface area contributed by atoms with Crippen molar-refractivity contribution in [1.82, 2.24) is 9.80 Å². The highest BCUT2D eigenvalue weighted by Gasteiger charge is 2.47. The SMILES string of the molecule is O=C1C2CSCN2C(=O)N1CC#Cc1ccc(F)cc1. The second-order valence-electron chi connectivity index (χ2n) is 4.50. The molecule has 2 fully saturated rings. The normalized spacial score (nSPS) is 20.9. The maximum absolute atomic E-state index is 12.7. The van der Waals surface area contributed by atoms with Gasteiger partial charge in [-0.05, 0) is 24.3 Å². The Balaban J connectivity index is 1.69. The summed E-state index contributed by atoms with van der Waals surface area (Å²) in [5.74, 6) is 6.34. The fourth-order valence-corrected chi connectivity index (χ4v) is 3.30. The second-order valence-corrected chi connectivity index (χ2v) is 5.50. The van der Waals surface area contributed by atoms with E-state index in [2.05, 4.69) is 11.8 Å². The van der Waals surface area contributed by atoms with Crippen LogP contribution in [0.4, 0.5) is 9.18 Å². The lowest BCUT2D eigenvalue weighted by molar-refractivity contribution is -0.127. The maximum Gasteiger partial charge on any atom is 0.329 e. The van der Waals surface area contributed by atoms with E-state index >= 15 is 0 Å². The van der Waals surface area contributed by atoms with Crippen molar-refractivity contribution in [1.29, 1.82) is 0 Å². The zero-order valence-electron chi connectivity index (χ0n) is 10.5. The first-order valence-electron chi connectivity index (χ1n) is 6.11. The molecule has 3 rings (SSSR count). The Morgan fingerprint density at radius 3 is 2.75 bits per heavy atom. The van der Waals surface area contributed by atoms with Crippen LogP contribution in [0.3, 0.4) is 0 Å². The summed E-state index contributed by atoms with van der Waals surface area (Å²) in [5.41, 5.74) is 0.654. The van der Waals surface area contributed by atoms with Gasteiger partial charge in [0, 0.05) is 11.3 Å². The molecule has 2 saturated heterocycles. The monoisotopic (exact) mass is 290 g/mol. The fourth-order valence-electron chi connectivity index (χ4n) is 2.16. The van der Waals surface area contributed by atoms with Gasteiger partial charge in [0.1, 0.15) is 11.9 Å². The Hall–Kier alpha value is -2.00. The Morgan fingerprint density at radius 1 is 1.30 bits per heavy atom. The number of urea groups is 1. The minimum atomic E-state index is -0.321. The molecule has 0 N–H and O–H groups in total.